The highest BCUT2D eigenvalue weighted by molar-refractivity contribution is 7.89. The molecule has 1 saturated carbocycles. The molecule has 0 atom stereocenters. The molecule has 8 nitrogen and oxygen atoms in total. The first-order chi connectivity index (χ1) is 15.4. The third-order valence-electron chi connectivity index (χ3n) is 4.76. The Labute approximate surface area is 190 Å². The third-order valence-corrected chi connectivity index (χ3v) is 7.05. The summed E-state index contributed by atoms with van der Waals surface area (Å²) in [6, 6.07) is 16.2. The minimum absolute atomic E-state index is 0.0884. The van der Waals surface area contributed by atoms with Gasteiger partial charge >= 0.3 is 6.03 Å². The number of benzene rings is 2. The smallest absolute Gasteiger partial charge is 0.319 e. The predicted molar refractivity (Wildman–Crippen MR) is 124 cm³/mol. The van der Waals surface area contributed by atoms with Crippen LogP contribution in [0.15, 0.2) is 70.9 Å². The Kier molecular flexibility index (Phi) is 6.54. The van der Waals surface area contributed by atoms with Crippen molar-refractivity contribution in [2.24, 2.45) is 0 Å². The van der Waals surface area contributed by atoms with E-state index in [2.05, 4.69) is 20.7 Å². The van der Waals surface area contributed by atoms with E-state index in [-0.39, 0.29) is 29.4 Å². The molecule has 10 heteroatoms. The number of anilines is 2. The molecule has 0 aliphatic heterocycles. The molecular formula is C22H22N4O4S2. The quantitative estimate of drug-likeness (QED) is 0.401. The second-order valence-electron chi connectivity index (χ2n) is 7.33. The van der Waals surface area contributed by atoms with Crippen LogP contribution in [0.2, 0.25) is 0 Å². The van der Waals surface area contributed by atoms with Gasteiger partial charge in [0, 0.05) is 34.4 Å². The van der Waals surface area contributed by atoms with E-state index < -0.39 is 10.0 Å². The summed E-state index contributed by atoms with van der Waals surface area (Å²) in [4.78, 5) is 25.3. The van der Waals surface area contributed by atoms with Crippen LogP contribution in [0, 0.1) is 0 Å². The van der Waals surface area contributed by atoms with Gasteiger partial charge in [0.15, 0.2) is 0 Å². The van der Waals surface area contributed by atoms with Crippen LogP contribution in [0.1, 0.15) is 28.1 Å². The summed E-state index contributed by atoms with van der Waals surface area (Å²) in [5, 5.41) is 10.2. The Morgan fingerprint density at radius 1 is 0.906 bits per heavy atom. The molecule has 4 rings (SSSR count). The van der Waals surface area contributed by atoms with E-state index in [0.29, 0.717) is 16.9 Å². The third kappa shape index (κ3) is 5.94. The molecule has 32 heavy (non-hydrogen) atoms. The summed E-state index contributed by atoms with van der Waals surface area (Å²) < 4.78 is 27.4. The molecule has 1 aliphatic rings. The van der Waals surface area contributed by atoms with Gasteiger partial charge in [-0.3, -0.25) is 4.79 Å². The van der Waals surface area contributed by atoms with Gasteiger partial charge in [0.05, 0.1) is 4.90 Å². The Bertz CT molecular complexity index is 1190. The average Bonchev–Trinajstić information content (AvgIpc) is 3.43. The van der Waals surface area contributed by atoms with Gasteiger partial charge in [0.1, 0.15) is 0 Å². The fraction of sp³-hybridized carbons (Fsp3) is 0.182. The zero-order valence-corrected chi connectivity index (χ0v) is 18.6. The fourth-order valence-corrected chi connectivity index (χ4v) is 4.61. The van der Waals surface area contributed by atoms with E-state index >= 15 is 0 Å². The highest BCUT2D eigenvalue weighted by Gasteiger charge is 2.23. The number of rotatable bonds is 8. The number of urea groups is 1. The van der Waals surface area contributed by atoms with E-state index in [9.17, 15) is 18.0 Å². The molecule has 4 N–H and O–H groups in total. The second kappa shape index (κ2) is 9.51. The number of amides is 3. The minimum atomic E-state index is -3.67. The zero-order chi connectivity index (χ0) is 22.6. The first-order valence-electron chi connectivity index (χ1n) is 10.0. The molecule has 2 aromatic carbocycles. The van der Waals surface area contributed by atoms with Gasteiger partial charge in [-0.1, -0.05) is 6.07 Å². The Morgan fingerprint density at radius 3 is 2.16 bits per heavy atom. The molecule has 3 aromatic rings. The van der Waals surface area contributed by atoms with Crippen molar-refractivity contribution in [3.63, 3.8) is 0 Å². The van der Waals surface area contributed by atoms with E-state index in [1.807, 2.05) is 17.5 Å². The summed E-state index contributed by atoms with van der Waals surface area (Å²) in [6.07, 6.45) is 2.02. The van der Waals surface area contributed by atoms with Crippen LogP contribution in [-0.2, 0) is 16.6 Å². The van der Waals surface area contributed by atoms with Gasteiger partial charge in [-0.25, -0.2) is 17.9 Å². The van der Waals surface area contributed by atoms with Crippen LogP contribution < -0.4 is 20.7 Å². The molecule has 166 valence electrons. The molecule has 1 heterocycles. The number of hydrogen-bond donors (Lipinski definition) is 4. The highest BCUT2D eigenvalue weighted by atomic mass is 32.2. The highest BCUT2D eigenvalue weighted by Crippen LogP contribution is 2.20. The Morgan fingerprint density at radius 2 is 1.56 bits per heavy atom. The molecule has 0 radical (unpaired) electrons. The first kappa shape index (κ1) is 22.0. The fourth-order valence-electron chi connectivity index (χ4n) is 2.87. The Hall–Kier alpha value is -3.21. The summed E-state index contributed by atoms with van der Waals surface area (Å²) in [5.74, 6) is -0.368. The van der Waals surface area contributed by atoms with Crippen molar-refractivity contribution >= 4 is 44.7 Å². The second-order valence-corrected chi connectivity index (χ2v) is 10.1. The lowest BCUT2D eigenvalue weighted by Crippen LogP contribution is -2.30. The molecule has 0 unspecified atom stereocenters. The van der Waals surface area contributed by atoms with Gasteiger partial charge in [-0.05, 0) is 72.8 Å². The largest absolute Gasteiger partial charge is 0.335 e. The molecule has 1 aliphatic carbocycles. The monoisotopic (exact) mass is 470 g/mol. The number of sulfonamides is 1. The van der Waals surface area contributed by atoms with Crippen molar-refractivity contribution in [1.29, 1.82) is 0 Å². The van der Waals surface area contributed by atoms with Gasteiger partial charge in [0.2, 0.25) is 10.0 Å². The van der Waals surface area contributed by atoms with Crippen molar-refractivity contribution in [2.75, 3.05) is 10.6 Å². The summed E-state index contributed by atoms with van der Waals surface area (Å²) in [6.45, 7) is 0.218. The number of carbonyl (C=O) groups excluding carboxylic acids is 2. The van der Waals surface area contributed by atoms with Gasteiger partial charge < -0.3 is 16.0 Å². The summed E-state index contributed by atoms with van der Waals surface area (Å²) in [5.41, 5.74) is 1.50. The normalized spacial score (nSPS) is 13.4. The van der Waals surface area contributed by atoms with Crippen LogP contribution in [0.5, 0.6) is 0 Å². The van der Waals surface area contributed by atoms with Gasteiger partial charge in [-0.15, -0.1) is 11.3 Å². The minimum Gasteiger partial charge on any atom is -0.335 e. The molecule has 0 spiro atoms. The number of hydrogen-bond acceptors (Lipinski definition) is 5. The van der Waals surface area contributed by atoms with E-state index in [1.165, 1.54) is 35.6 Å². The van der Waals surface area contributed by atoms with Crippen molar-refractivity contribution < 1.29 is 18.0 Å². The number of thiophene rings is 1. The van der Waals surface area contributed by atoms with Crippen LogP contribution in [0.4, 0.5) is 16.2 Å². The molecular weight excluding hydrogens is 448 g/mol. The Balaban J connectivity index is 1.32. The first-order valence-corrected chi connectivity index (χ1v) is 12.4. The van der Waals surface area contributed by atoms with Crippen LogP contribution >= 0.6 is 11.3 Å². The predicted octanol–water partition coefficient (Wildman–Crippen LogP) is 3.76. The maximum absolute atomic E-state index is 12.5. The van der Waals surface area contributed by atoms with Crippen molar-refractivity contribution in [3.05, 3.63) is 76.5 Å². The van der Waals surface area contributed by atoms with Crippen molar-refractivity contribution in [2.45, 2.75) is 30.3 Å². The zero-order valence-electron chi connectivity index (χ0n) is 17.0. The van der Waals surface area contributed by atoms with Gasteiger partial charge in [-0.2, -0.15) is 0 Å². The van der Waals surface area contributed by atoms with Crippen molar-refractivity contribution in [1.82, 2.24) is 10.0 Å². The number of carbonyl (C=O) groups is 2. The lowest BCUT2D eigenvalue weighted by Gasteiger charge is -2.09. The lowest BCUT2D eigenvalue weighted by atomic mass is 10.2. The van der Waals surface area contributed by atoms with Crippen LogP contribution in [0.3, 0.4) is 0 Å². The van der Waals surface area contributed by atoms with Gasteiger partial charge in [0.25, 0.3) is 5.91 Å². The van der Waals surface area contributed by atoms with E-state index in [1.54, 1.807) is 24.3 Å². The summed E-state index contributed by atoms with van der Waals surface area (Å²) >= 11 is 1.47. The SMILES string of the molecule is O=C(Nc1ccc(NC(=O)c2ccc(S(=O)(=O)NCc3cccs3)cc2)cc1)NC1CC1. The van der Waals surface area contributed by atoms with E-state index in [0.717, 1.165) is 17.7 Å². The standard InChI is InChI=1S/C22H22N4O4S2/c27-21(24-16-5-7-17(8-6-16)25-22(28)26-18-9-10-18)15-3-11-20(12-4-15)32(29,30)23-14-19-2-1-13-31-19/h1-8,11-13,18,23H,9-10,14H2,(H,24,27)(H2,25,26,28). The molecule has 0 saturated heterocycles. The topological polar surface area (TPSA) is 116 Å². The molecule has 3 amide bonds. The molecule has 1 aromatic heterocycles. The number of nitrogens with one attached hydrogen (secondary N) is 4. The van der Waals surface area contributed by atoms with Crippen LogP contribution in [0.25, 0.3) is 0 Å². The maximum Gasteiger partial charge on any atom is 0.319 e. The molecule has 1 fully saturated rings. The average molecular weight is 471 g/mol. The lowest BCUT2D eigenvalue weighted by molar-refractivity contribution is 0.102. The van der Waals surface area contributed by atoms with Crippen LogP contribution in [-0.4, -0.2) is 26.4 Å². The van der Waals surface area contributed by atoms with E-state index in [4.69, 9.17) is 0 Å². The maximum atomic E-state index is 12.5. The van der Waals surface area contributed by atoms with Crippen molar-refractivity contribution in [3.8, 4) is 0 Å². The summed E-state index contributed by atoms with van der Waals surface area (Å²) in [7, 11) is -3.67. The molecule has 0 bridgehead atoms.